The molecule has 0 radical (unpaired) electrons. The molecule has 0 fully saturated rings. The molecule has 0 saturated heterocycles. The normalized spacial score (nSPS) is 11.6. The third-order valence-corrected chi connectivity index (χ3v) is 10.7. The van der Waals surface area contributed by atoms with E-state index in [9.17, 15) is 0 Å². The number of aromatic nitrogens is 1. The summed E-state index contributed by atoms with van der Waals surface area (Å²) in [5, 5.41) is 6.69. The molecule has 2 aromatic heterocycles. The molecule has 11 aromatic rings. The summed E-state index contributed by atoms with van der Waals surface area (Å²) in [5.41, 5.74) is 11.9. The molecule has 4 heteroatoms. The van der Waals surface area contributed by atoms with E-state index < -0.39 is 0 Å². The predicted molar refractivity (Wildman–Crippen MR) is 227 cm³/mol. The van der Waals surface area contributed by atoms with Crippen LogP contribution in [0.3, 0.4) is 0 Å². The third kappa shape index (κ3) is 5.19. The van der Waals surface area contributed by atoms with Gasteiger partial charge in [0.25, 0.3) is 0 Å². The van der Waals surface area contributed by atoms with Crippen LogP contribution in [-0.4, -0.2) is 4.98 Å². The Kier molecular flexibility index (Phi) is 7.14. The number of benzene rings is 9. The summed E-state index contributed by atoms with van der Waals surface area (Å²) in [5.74, 6) is 0.577. The van der Waals surface area contributed by atoms with E-state index in [0.29, 0.717) is 5.89 Å². The molecule has 258 valence electrons. The van der Waals surface area contributed by atoms with Gasteiger partial charge in [0.15, 0.2) is 5.58 Å². The molecule has 0 atom stereocenters. The summed E-state index contributed by atoms with van der Waals surface area (Å²) < 4.78 is 13.1. The fraction of sp³-hybridized carbons (Fsp3) is 0. The van der Waals surface area contributed by atoms with Crippen molar-refractivity contribution in [1.82, 2.24) is 4.98 Å². The Bertz CT molecular complexity index is 3170. The first-order chi connectivity index (χ1) is 27.3. The van der Waals surface area contributed by atoms with Crippen molar-refractivity contribution in [3.05, 3.63) is 194 Å². The van der Waals surface area contributed by atoms with Crippen LogP contribution in [0.25, 0.3) is 88.3 Å². The van der Waals surface area contributed by atoms with Crippen LogP contribution in [0.5, 0.6) is 0 Å². The molecule has 0 N–H and O–H groups in total. The van der Waals surface area contributed by atoms with E-state index in [1.807, 2.05) is 36.4 Å². The number of furan rings is 1. The van der Waals surface area contributed by atoms with Gasteiger partial charge in [0.1, 0.15) is 16.7 Å². The van der Waals surface area contributed by atoms with Crippen LogP contribution in [0.4, 0.5) is 17.1 Å². The van der Waals surface area contributed by atoms with Crippen LogP contribution >= 0.6 is 0 Å². The Hall–Kier alpha value is -7.43. The molecule has 2 heterocycles. The number of para-hydroxylation sites is 2. The fourth-order valence-corrected chi connectivity index (χ4v) is 8.16. The van der Waals surface area contributed by atoms with Gasteiger partial charge in [0.05, 0.1) is 5.69 Å². The molecular weight excluding hydrogens is 673 g/mol. The summed E-state index contributed by atoms with van der Waals surface area (Å²) in [6.45, 7) is 0. The van der Waals surface area contributed by atoms with Gasteiger partial charge in [-0.1, -0.05) is 140 Å². The molecule has 0 aliphatic carbocycles. The van der Waals surface area contributed by atoms with E-state index in [1.165, 1.54) is 27.5 Å². The molecule has 0 spiro atoms. The monoisotopic (exact) mass is 704 g/mol. The van der Waals surface area contributed by atoms with Crippen molar-refractivity contribution in [2.75, 3.05) is 4.90 Å². The number of rotatable bonds is 6. The highest BCUT2D eigenvalue weighted by Gasteiger charge is 2.23. The van der Waals surface area contributed by atoms with E-state index in [2.05, 4.69) is 163 Å². The van der Waals surface area contributed by atoms with Crippen molar-refractivity contribution >= 4 is 71.6 Å². The molecule has 0 aliphatic rings. The van der Waals surface area contributed by atoms with Gasteiger partial charge in [0, 0.05) is 39.2 Å². The highest BCUT2D eigenvalue weighted by atomic mass is 16.3. The van der Waals surface area contributed by atoms with Crippen LogP contribution in [0.2, 0.25) is 0 Å². The Morgan fingerprint density at radius 2 is 1.05 bits per heavy atom. The van der Waals surface area contributed by atoms with Crippen molar-refractivity contribution in [3.8, 4) is 33.7 Å². The lowest BCUT2D eigenvalue weighted by Gasteiger charge is -2.28. The maximum atomic E-state index is 6.77. The zero-order valence-corrected chi connectivity index (χ0v) is 29.7. The van der Waals surface area contributed by atoms with Gasteiger partial charge < -0.3 is 13.7 Å². The molecule has 9 aromatic carbocycles. The molecule has 55 heavy (non-hydrogen) atoms. The lowest BCUT2D eigenvalue weighted by Crippen LogP contribution is -2.10. The van der Waals surface area contributed by atoms with Crippen molar-refractivity contribution in [3.63, 3.8) is 0 Å². The number of oxazole rings is 1. The summed E-state index contributed by atoms with van der Waals surface area (Å²) in [6.07, 6.45) is 0. The summed E-state index contributed by atoms with van der Waals surface area (Å²) in [4.78, 5) is 7.24. The van der Waals surface area contributed by atoms with Gasteiger partial charge in [-0.15, -0.1) is 0 Å². The average Bonchev–Trinajstić information content (AvgIpc) is 3.86. The SMILES string of the molecule is c1ccc(-c2cccc(N(c3ccc(-c4cccc5ccccc45)cc3)c3cc4oc5cccc(-c6nc7ccccc7o6)c5c4c4ccccc34)c2)cc1. The topological polar surface area (TPSA) is 42.4 Å². The predicted octanol–water partition coefficient (Wildman–Crippen LogP) is 14.5. The summed E-state index contributed by atoms with van der Waals surface area (Å²) in [6, 6.07) is 68.2. The number of nitrogens with zero attached hydrogens (tertiary/aromatic N) is 2. The smallest absolute Gasteiger partial charge is 0.228 e. The maximum absolute atomic E-state index is 6.77. The summed E-state index contributed by atoms with van der Waals surface area (Å²) >= 11 is 0. The minimum absolute atomic E-state index is 0.577. The lowest BCUT2D eigenvalue weighted by atomic mass is 9.97. The van der Waals surface area contributed by atoms with Gasteiger partial charge in [-0.2, -0.15) is 0 Å². The average molecular weight is 705 g/mol. The minimum Gasteiger partial charge on any atom is -0.456 e. The number of hydrogen-bond donors (Lipinski definition) is 0. The van der Waals surface area contributed by atoms with Crippen molar-refractivity contribution in [2.24, 2.45) is 0 Å². The van der Waals surface area contributed by atoms with Crippen LogP contribution in [0.1, 0.15) is 0 Å². The molecule has 0 bridgehead atoms. The van der Waals surface area contributed by atoms with Crippen LogP contribution in [0, 0.1) is 0 Å². The zero-order chi connectivity index (χ0) is 36.3. The first-order valence-electron chi connectivity index (χ1n) is 18.5. The van der Waals surface area contributed by atoms with Gasteiger partial charge in [0.2, 0.25) is 5.89 Å². The summed E-state index contributed by atoms with van der Waals surface area (Å²) in [7, 11) is 0. The lowest BCUT2D eigenvalue weighted by molar-refractivity contribution is 0.620. The Morgan fingerprint density at radius 3 is 1.93 bits per heavy atom. The quantitative estimate of drug-likeness (QED) is 0.173. The van der Waals surface area contributed by atoms with Crippen molar-refractivity contribution in [2.45, 2.75) is 0 Å². The Balaban J connectivity index is 1.14. The van der Waals surface area contributed by atoms with Gasteiger partial charge in [-0.3, -0.25) is 0 Å². The van der Waals surface area contributed by atoms with Crippen LogP contribution in [-0.2, 0) is 0 Å². The molecule has 0 unspecified atom stereocenters. The first kappa shape index (κ1) is 31.1. The number of hydrogen-bond acceptors (Lipinski definition) is 4. The highest BCUT2D eigenvalue weighted by molar-refractivity contribution is 6.25. The van der Waals surface area contributed by atoms with E-state index >= 15 is 0 Å². The van der Waals surface area contributed by atoms with E-state index in [4.69, 9.17) is 13.8 Å². The standard InChI is InChI=1S/C51H32N2O2/c1-2-13-33(14-3-1)36-17-10-18-38(31-36)53(37-29-27-35(28-30-37)40-22-11-16-34-15-4-5-19-39(34)40)45-32-48-49(42-21-7-6-20-41(42)45)50-43(23-12-26-47(50)54-48)51-52-44-24-8-9-25-46(44)55-51/h1-32H. The van der Waals surface area contributed by atoms with Gasteiger partial charge in [-0.05, 0) is 86.9 Å². The molecule has 0 saturated carbocycles. The van der Waals surface area contributed by atoms with Crippen LogP contribution in [0.15, 0.2) is 203 Å². The van der Waals surface area contributed by atoms with Crippen molar-refractivity contribution in [1.29, 1.82) is 0 Å². The van der Waals surface area contributed by atoms with E-state index in [1.54, 1.807) is 0 Å². The largest absolute Gasteiger partial charge is 0.456 e. The second kappa shape index (κ2) is 12.6. The molecule has 0 aliphatic heterocycles. The third-order valence-electron chi connectivity index (χ3n) is 10.7. The van der Waals surface area contributed by atoms with Gasteiger partial charge >= 0.3 is 0 Å². The second-order valence-electron chi connectivity index (χ2n) is 13.9. The van der Waals surface area contributed by atoms with Crippen LogP contribution < -0.4 is 4.90 Å². The fourth-order valence-electron chi connectivity index (χ4n) is 8.16. The number of fused-ring (bicyclic) bond motifs is 7. The van der Waals surface area contributed by atoms with Gasteiger partial charge in [-0.25, -0.2) is 4.98 Å². The maximum Gasteiger partial charge on any atom is 0.228 e. The Morgan fingerprint density at radius 1 is 0.382 bits per heavy atom. The first-order valence-corrected chi connectivity index (χ1v) is 18.5. The molecular formula is C51H32N2O2. The van der Waals surface area contributed by atoms with Crippen molar-refractivity contribution < 1.29 is 8.83 Å². The van der Waals surface area contributed by atoms with E-state index in [-0.39, 0.29) is 0 Å². The Labute approximate surface area is 317 Å². The molecule has 0 amide bonds. The highest BCUT2D eigenvalue weighted by Crippen LogP contribution is 2.47. The minimum atomic E-state index is 0.577. The van der Waals surface area contributed by atoms with E-state index in [0.717, 1.165) is 72.0 Å². The molecule has 4 nitrogen and oxygen atoms in total. The number of anilines is 3. The molecule has 11 rings (SSSR count). The zero-order valence-electron chi connectivity index (χ0n) is 29.7. The second-order valence-corrected chi connectivity index (χ2v) is 13.9.